The molecular weight excluding hydrogens is 218 g/mol. The second kappa shape index (κ2) is 4.73. The predicted molar refractivity (Wildman–Crippen MR) is 61.2 cm³/mol. The summed E-state index contributed by atoms with van der Waals surface area (Å²) in [7, 11) is 1.72. The van der Waals surface area contributed by atoms with Gasteiger partial charge in [-0.15, -0.1) is 0 Å². The maximum absolute atomic E-state index is 12.0. The number of carbonyl (C=O) groups excluding carboxylic acids is 1. The quantitative estimate of drug-likeness (QED) is 0.847. The molecule has 0 saturated carbocycles. The van der Waals surface area contributed by atoms with Gasteiger partial charge in [0.25, 0.3) is 5.91 Å². The van der Waals surface area contributed by atoms with Crippen LogP contribution in [0.4, 0.5) is 0 Å². The van der Waals surface area contributed by atoms with Gasteiger partial charge in [-0.05, 0) is 18.6 Å². The van der Waals surface area contributed by atoms with Gasteiger partial charge in [0, 0.05) is 19.4 Å². The van der Waals surface area contributed by atoms with E-state index in [-0.39, 0.29) is 5.91 Å². The molecule has 0 unspecified atom stereocenters. The molecule has 0 aliphatic carbocycles. The largest absolute Gasteiger partial charge is 0.334 e. The van der Waals surface area contributed by atoms with Crippen LogP contribution >= 0.6 is 0 Å². The van der Waals surface area contributed by atoms with Crippen LogP contribution in [-0.2, 0) is 6.54 Å². The number of amides is 1. The lowest BCUT2D eigenvalue weighted by molar-refractivity contribution is 0.0781. The van der Waals surface area contributed by atoms with Crippen LogP contribution in [0.15, 0.2) is 24.8 Å². The minimum Gasteiger partial charge on any atom is -0.334 e. The summed E-state index contributed by atoms with van der Waals surface area (Å²) < 4.78 is 0. The van der Waals surface area contributed by atoms with Gasteiger partial charge in [-0.25, -0.2) is 4.98 Å². The van der Waals surface area contributed by atoms with Gasteiger partial charge in [0.15, 0.2) is 0 Å². The van der Waals surface area contributed by atoms with Crippen molar-refractivity contribution >= 4 is 5.91 Å². The number of hydrogen-bond acceptors (Lipinski definition) is 4. The van der Waals surface area contributed by atoms with Gasteiger partial charge in [0.1, 0.15) is 12.2 Å². The Hall–Kier alpha value is -2.24. The van der Waals surface area contributed by atoms with Gasteiger partial charge in [-0.1, -0.05) is 0 Å². The molecule has 0 aliphatic rings. The van der Waals surface area contributed by atoms with E-state index in [2.05, 4.69) is 20.2 Å². The van der Waals surface area contributed by atoms with Crippen LogP contribution in [-0.4, -0.2) is 38.0 Å². The van der Waals surface area contributed by atoms with Gasteiger partial charge in [-0.3, -0.25) is 14.9 Å². The van der Waals surface area contributed by atoms with Crippen molar-refractivity contribution in [3.8, 4) is 0 Å². The van der Waals surface area contributed by atoms with Gasteiger partial charge < -0.3 is 4.90 Å². The zero-order valence-corrected chi connectivity index (χ0v) is 9.71. The van der Waals surface area contributed by atoms with E-state index in [1.807, 2.05) is 13.0 Å². The third-order valence-corrected chi connectivity index (χ3v) is 2.32. The molecule has 0 atom stereocenters. The van der Waals surface area contributed by atoms with E-state index in [4.69, 9.17) is 0 Å². The number of aromatic nitrogens is 4. The number of pyridine rings is 1. The Morgan fingerprint density at radius 3 is 2.94 bits per heavy atom. The molecule has 1 N–H and O–H groups in total. The molecule has 0 bridgehead atoms. The van der Waals surface area contributed by atoms with Crippen molar-refractivity contribution in [1.82, 2.24) is 25.1 Å². The van der Waals surface area contributed by atoms with Gasteiger partial charge in [-0.2, -0.15) is 5.10 Å². The Morgan fingerprint density at radius 2 is 2.29 bits per heavy atom. The van der Waals surface area contributed by atoms with Gasteiger partial charge in [0.2, 0.25) is 0 Å². The molecule has 0 aliphatic heterocycles. The minimum atomic E-state index is -0.0856. The standard InChI is InChI=1S/C11H13N5O/c1-8-3-9(5-12-4-8)11(17)16(2)6-10-13-7-14-15-10/h3-5,7H,6H2,1-2H3,(H,13,14,15). The Kier molecular flexibility index (Phi) is 3.13. The molecule has 2 aromatic rings. The first-order valence-electron chi connectivity index (χ1n) is 5.18. The number of nitrogens with zero attached hydrogens (tertiary/aromatic N) is 4. The molecule has 6 heteroatoms. The average Bonchev–Trinajstić information content (AvgIpc) is 2.80. The zero-order chi connectivity index (χ0) is 12.3. The third-order valence-electron chi connectivity index (χ3n) is 2.32. The molecular formula is C11H13N5O. The van der Waals surface area contributed by atoms with Crippen LogP contribution in [0.5, 0.6) is 0 Å². The molecule has 2 rings (SSSR count). The summed E-state index contributed by atoms with van der Waals surface area (Å²) in [6, 6.07) is 1.81. The summed E-state index contributed by atoms with van der Waals surface area (Å²) in [5, 5.41) is 6.45. The molecule has 0 saturated heterocycles. The molecule has 0 aromatic carbocycles. The maximum atomic E-state index is 12.0. The van der Waals surface area contributed by atoms with Crippen LogP contribution < -0.4 is 0 Å². The number of H-pyrrole nitrogens is 1. The molecule has 88 valence electrons. The number of aromatic amines is 1. The second-order valence-corrected chi connectivity index (χ2v) is 3.84. The topological polar surface area (TPSA) is 74.8 Å². The fourth-order valence-corrected chi connectivity index (χ4v) is 1.50. The molecule has 0 fully saturated rings. The number of aryl methyl sites for hydroxylation is 1. The van der Waals surface area contributed by atoms with Crippen molar-refractivity contribution in [3.05, 3.63) is 41.7 Å². The first-order chi connectivity index (χ1) is 8.16. The van der Waals surface area contributed by atoms with Crippen molar-refractivity contribution < 1.29 is 4.79 Å². The average molecular weight is 231 g/mol. The van der Waals surface area contributed by atoms with Crippen LogP contribution in [0.25, 0.3) is 0 Å². The lowest BCUT2D eigenvalue weighted by Crippen LogP contribution is -2.26. The third kappa shape index (κ3) is 2.66. The first kappa shape index (κ1) is 11.3. The SMILES string of the molecule is Cc1cncc(C(=O)N(C)Cc2ncn[nH]2)c1. The highest BCUT2D eigenvalue weighted by atomic mass is 16.2. The summed E-state index contributed by atoms with van der Waals surface area (Å²) in [5.41, 5.74) is 1.54. The van der Waals surface area contributed by atoms with Gasteiger partial charge in [0.05, 0.1) is 12.1 Å². The van der Waals surface area contributed by atoms with Crippen molar-refractivity contribution in [3.63, 3.8) is 0 Å². The monoisotopic (exact) mass is 231 g/mol. The smallest absolute Gasteiger partial charge is 0.255 e. The number of hydrogen-bond donors (Lipinski definition) is 1. The summed E-state index contributed by atoms with van der Waals surface area (Å²) in [6.45, 7) is 2.30. The van der Waals surface area contributed by atoms with E-state index in [0.717, 1.165) is 5.56 Å². The molecule has 6 nitrogen and oxygen atoms in total. The Morgan fingerprint density at radius 1 is 1.47 bits per heavy atom. The minimum absolute atomic E-state index is 0.0856. The van der Waals surface area contributed by atoms with E-state index in [1.165, 1.54) is 6.33 Å². The first-order valence-corrected chi connectivity index (χ1v) is 5.18. The molecule has 2 heterocycles. The number of nitrogens with one attached hydrogen (secondary N) is 1. The number of rotatable bonds is 3. The molecule has 2 aromatic heterocycles. The summed E-state index contributed by atoms with van der Waals surface area (Å²) >= 11 is 0. The van der Waals surface area contributed by atoms with E-state index in [0.29, 0.717) is 17.9 Å². The van der Waals surface area contributed by atoms with E-state index < -0.39 is 0 Å². The molecule has 0 spiro atoms. The summed E-state index contributed by atoms with van der Waals surface area (Å²) in [6.07, 6.45) is 4.70. The van der Waals surface area contributed by atoms with E-state index in [1.54, 1.807) is 24.3 Å². The van der Waals surface area contributed by atoms with Crippen molar-refractivity contribution in [2.75, 3.05) is 7.05 Å². The Labute approximate surface area is 98.7 Å². The summed E-state index contributed by atoms with van der Waals surface area (Å²) in [4.78, 5) is 21.6. The van der Waals surface area contributed by atoms with Crippen LogP contribution in [0.1, 0.15) is 21.7 Å². The lowest BCUT2D eigenvalue weighted by atomic mass is 10.2. The van der Waals surface area contributed by atoms with Crippen molar-refractivity contribution in [1.29, 1.82) is 0 Å². The fourth-order valence-electron chi connectivity index (χ4n) is 1.50. The fraction of sp³-hybridized carbons (Fsp3) is 0.273. The number of carbonyl (C=O) groups is 1. The lowest BCUT2D eigenvalue weighted by Gasteiger charge is -2.15. The highest BCUT2D eigenvalue weighted by Crippen LogP contribution is 2.06. The second-order valence-electron chi connectivity index (χ2n) is 3.84. The summed E-state index contributed by atoms with van der Waals surface area (Å²) in [5.74, 6) is 0.569. The van der Waals surface area contributed by atoms with E-state index >= 15 is 0 Å². The Bertz CT molecular complexity index is 508. The highest BCUT2D eigenvalue weighted by Gasteiger charge is 2.13. The Balaban J connectivity index is 2.09. The van der Waals surface area contributed by atoms with Gasteiger partial charge >= 0.3 is 0 Å². The van der Waals surface area contributed by atoms with Crippen molar-refractivity contribution in [2.45, 2.75) is 13.5 Å². The molecule has 1 amide bonds. The molecule has 17 heavy (non-hydrogen) atoms. The normalized spacial score (nSPS) is 10.2. The zero-order valence-electron chi connectivity index (χ0n) is 9.71. The van der Waals surface area contributed by atoms with Crippen LogP contribution in [0, 0.1) is 6.92 Å². The maximum Gasteiger partial charge on any atom is 0.255 e. The van der Waals surface area contributed by atoms with Crippen LogP contribution in [0.3, 0.4) is 0 Å². The van der Waals surface area contributed by atoms with Crippen molar-refractivity contribution in [2.24, 2.45) is 0 Å². The highest BCUT2D eigenvalue weighted by molar-refractivity contribution is 5.93. The molecule has 0 radical (unpaired) electrons. The van der Waals surface area contributed by atoms with E-state index in [9.17, 15) is 4.79 Å². The predicted octanol–water partition coefficient (Wildman–Crippen LogP) is 0.780. The van der Waals surface area contributed by atoms with Crippen LogP contribution in [0.2, 0.25) is 0 Å².